The van der Waals surface area contributed by atoms with E-state index >= 15 is 0 Å². The topological polar surface area (TPSA) is 148 Å². The van der Waals surface area contributed by atoms with Crippen LogP contribution in [0.4, 0.5) is 11.5 Å². The fraction of sp³-hybridized carbons (Fsp3) is 0. The highest BCUT2D eigenvalue weighted by Gasteiger charge is 2.20. The van der Waals surface area contributed by atoms with Crippen LogP contribution in [-0.2, 0) is 0 Å². The number of nitriles is 2. The van der Waals surface area contributed by atoms with Crippen LogP contribution in [0.15, 0.2) is 69.6 Å². The molecule has 0 aliphatic carbocycles. The Bertz CT molecular complexity index is 1490. The molecule has 0 unspecified atom stereocenters. The highest BCUT2D eigenvalue weighted by molar-refractivity contribution is 9.10. The molecule has 0 amide bonds. The molecule has 0 saturated carbocycles. The molecule has 9 nitrogen and oxygen atoms in total. The van der Waals surface area contributed by atoms with Gasteiger partial charge in [-0.25, -0.2) is 4.68 Å². The van der Waals surface area contributed by atoms with E-state index in [1.165, 1.54) is 22.9 Å². The Hall–Kier alpha value is -4.67. The SMILES string of the molecule is N#C/C(=C/c1ccc(-c2ccc([N+](=O)[O-])cc2Br)o1)c1nn(-c2ccccc2)c(N)c1C#N. The van der Waals surface area contributed by atoms with Crippen molar-refractivity contribution in [2.24, 2.45) is 0 Å². The molecule has 2 N–H and O–H groups in total. The summed E-state index contributed by atoms with van der Waals surface area (Å²) in [6.45, 7) is 0. The number of nitrogens with zero attached hydrogens (tertiary/aromatic N) is 5. The zero-order valence-electron chi connectivity index (χ0n) is 16.8. The Labute approximate surface area is 195 Å². The number of benzene rings is 2. The van der Waals surface area contributed by atoms with Gasteiger partial charge in [0.05, 0.1) is 16.2 Å². The number of furan rings is 1. The number of hydrogen-bond donors (Lipinski definition) is 1. The molecule has 33 heavy (non-hydrogen) atoms. The van der Waals surface area contributed by atoms with E-state index in [1.54, 1.807) is 30.3 Å². The van der Waals surface area contributed by atoms with Crippen LogP contribution >= 0.6 is 15.9 Å². The summed E-state index contributed by atoms with van der Waals surface area (Å²) in [7, 11) is 0. The Morgan fingerprint density at radius 2 is 1.94 bits per heavy atom. The van der Waals surface area contributed by atoms with E-state index in [-0.39, 0.29) is 28.3 Å². The molecule has 0 aliphatic heterocycles. The molecule has 0 radical (unpaired) electrons. The van der Waals surface area contributed by atoms with Crippen LogP contribution in [0, 0.1) is 32.8 Å². The third kappa shape index (κ3) is 4.11. The monoisotopic (exact) mass is 500 g/mol. The first-order chi connectivity index (χ1) is 15.9. The van der Waals surface area contributed by atoms with E-state index in [2.05, 4.69) is 21.0 Å². The third-order valence-electron chi connectivity index (χ3n) is 4.75. The maximum Gasteiger partial charge on any atom is 0.270 e. The summed E-state index contributed by atoms with van der Waals surface area (Å²) in [6, 6.07) is 20.7. The molecule has 0 saturated heterocycles. The standard InChI is InChI=1S/C23H13BrN6O3/c24-20-11-16(30(31)32)6-8-18(20)21-9-7-17(33-21)10-14(12-25)22-19(13-26)23(27)29(28-22)15-4-2-1-3-5-15/h1-11H,27H2/b14-10-. The summed E-state index contributed by atoms with van der Waals surface area (Å²) in [4.78, 5) is 10.5. The minimum atomic E-state index is -0.489. The van der Waals surface area contributed by atoms with Crippen molar-refractivity contribution in [3.8, 4) is 29.1 Å². The van der Waals surface area contributed by atoms with Crippen LogP contribution in [0.3, 0.4) is 0 Å². The van der Waals surface area contributed by atoms with Crippen LogP contribution in [0.1, 0.15) is 17.0 Å². The van der Waals surface area contributed by atoms with Gasteiger partial charge in [0.25, 0.3) is 5.69 Å². The van der Waals surface area contributed by atoms with Crippen molar-refractivity contribution >= 4 is 39.1 Å². The van der Waals surface area contributed by atoms with Crippen molar-refractivity contribution < 1.29 is 9.34 Å². The summed E-state index contributed by atoms with van der Waals surface area (Å²) >= 11 is 3.32. The Kier molecular flexibility index (Phi) is 5.77. The van der Waals surface area contributed by atoms with E-state index in [4.69, 9.17) is 10.2 Å². The van der Waals surface area contributed by atoms with Crippen molar-refractivity contribution in [1.82, 2.24) is 9.78 Å². The molecule has 0 atom stereocenters. The molecular formula is C23H13BrN6O3. The third-order valence-corrected chi connectivity index (χ3v) is 5.41. The molecule has 0 fully saturated rings. The molecule has 0 bridgehead atoms. The predicted molar refractivity (Wildman–Crippen MR) is 125 cm³/mol. The lowest BCUT2D eigenvalue weighted by atomic mass is 10.1. The number of halogens is 1. The van der Waals surface area contributed by atoms with E-state index < -0.39 is 4.92 Å². The van der Waals surface area contributed by atoms with Crippen LogP contribution in [-0.4, -0.2) is 14.7 Å². The van der Waals surface area contributed by atoms with Gasteiger partial charge in [-0.05, 0) is 46.3 Å². The van der Waals surface area contributed by atoms with Gasteiger partial charge in [-0.1, -0.05) is 18.2 Å². The van der Waals surface area contributed by atoms with Gasteiger partial charge in [0.2, 0.25) is 0 Å². The van der Waals surface area contributed by atoms with Gasteiger partial charge in [0, 0.05) is 28.2 Å². The Morgan fingerprint density at radius 1 is 1.18 bits per heavy atom. The Morgan fingerprint density at radius 3 is 2.58 bits per heavy atom. The molecule has 160 valence electrons. The van der Waals surface area contributed by atoms with Gasteiger partial charge in [-0.2, -0.15) is 15.6 Å². The zero-order chi connectivity index (χ0) is 23.5. The maximum atomic E-state index is 10.9. The van der Waals surface area contributed by atoms with Gasteiger partial charge in [-0.15, -0.1) is 0 Å². The summed E-state index contributed by atoms with van der Waals surface area (Å²) in [6.07, 6.45) is 1.46. The molecule has 0 aliphatic rings. The molecule has 4 rings (SSSR count). The largest absolute Gasteiger partial charge is 0.457 e. The average molecular weight is 501 g/mol. The molecule has 2 aromatic heterocycles. The van der Waals surface area contributed by atoms with Crippen LogP contribution in [0.25, 0.3) is 28.7 Å². The first-order valence-electron chi connectivity index (χ1n) is 9.43. The number of nitro groups is 1. The molecule has 2 aromatic carbocycles. The molecular weight excluding hydrogens is 488 g/mol. The summed E-state index contributed by atoms with van der Waals surface area (Å²) in [5.74, 6) is 0.897. The van der Waals surface area contributed by atoms with Gasteiger partial charge < -0.3 is 10.2 Å². The number of rotatable bonds is 5. The summed E-state index contributed by atoms with van der Waals surface area (Å²) in [5.41, 5.74) is 7.64. The first-order valence-corrected chi connectivity index (χ1v) is 10.2. The number of allylic oxidation sites excluding steroid dienone is 1. The van der Waals surface area contributed by atoms with Crippen LogP contribution in [0.5, 0.6) is 0 Å². The molecule has 10 heteroatoms. The molecule has 0 spiro atoms. The van der Waals surface area contributed by atoms with Crippen molar-refractivity contribution in [2.75, 3.05) is 5.73 Å². The van der Waals surface area contributed by atoms with Crippen LogP contribution in [0.2, 0.25) is 0 Å². The quantitative estimate of drug-likeness (QED) is 0.221. The van der Waals surface area contributed by atoms with Crippen molar-refractivity contribution in [1.29, 1.82) is 10.5 Å². The first kappa shape index (κ1) is 21.6. The lowest BCUT2D eigenvalue weighted by molar-refractivity contribution is -0.384. The Balaban J connectivity index is 1.74. The van der Waals surface area contributed by atoms with Crippen LogP contribution < -0.4 is 5.73 Å². The summed E-state index contributed by atoms with van der Waals surface area (Å²) in [5, 5.41) is 34.7. The van der Waals surface area contributed by atoms with Gasteiger partial charge in [-0.3, -0.25) is 10.1 Å². The number of nitro benzene ring substituents is 1. The van der Waals surface area contributed by atoms with E-state index in [0.29, 0.717) is 27.2 Å². The second-order valence-electron chi connectivity index (χ2n) is 6.76. The number of para-hydroxylation sites is 1. The minimum absolute atomic E-state index is 0.0558. The molecule has 4 aromatic rings. The highest BCUT2D eigenvalue weighted by atomic mass is 79.9. The highest BCUT2D eigenvalue weighted by Crippen LogP contribution is 2.34. The van der Waals surface area contributed by atoms with Gasteiger partial charge >= 0.3 is 0 Å². The second-order valence-corrected chi connectivity index (χ2v) is 7.62. The van der Waals surface area contributed by atoms with Gasteiger partial charge in [0.15, 0.2) is 0 Å². The minimum Gasteiger partial charge on any atom is -0.457 e. The van der Waals surface area contributed by atoms with E-state index in [0.717, 1.165) is 0 Å². The average Bonchev–Trinajstić information content (AvgIpc) is 3.41. The summed E-state index contributed by atoms with van der Waals surface area (Å²) < 4.78 is 7.72. The predicted octanol–water partition coefficient (Wildman–Crippen LogP) is 5.32. The van der Waals surface area contributed by atoms with Crippen molar-refractivity contribution in [3.05, 3.63) is 92.3 Å². The zero-order valence-corrected chi connectivity index (χ0v) is 18.4. The normalized spacial score (nSPS) is 11.1. The maximum absolute atomic E-state index is 10.9. The van der Waals surface area contributed by atoms with Crippen molar-refractivity contribution in [2.45, 2.75) is 0 Å². The molecule has 2 heterocycles. The number of non-ortho nitro benzene ring substituents is 1. The number of nitrogen functional groups attached to an aromatic ring is 1. The number of anilines is 1. The van der Waals surface area contributed by atoms with E-state index in [1.807, 2.05) is 30.3 Å². The smallest absolute Gasteiger partial charge is 0.270 e. The van der Waals surface area contributed by atoms with Gasteiger partial charge in [0.1, 0.15) is 40.7 Å². The van der Waals surface area contributed by atoms with E-state index in [9.17, 15) is 20.6 Å². The lowest BCUT2D eigenvalue weighted by Crippen LogP contribution is -2.02. The lowest BCUT2D eigenvalue weighted by Gasteiger charge is -2.02. The fourth-order valence-electron chi connectivity index (χ4n) is 3.18. The van der Waals surface area contributed by atoms with Crippen molar-refractivity contribution in [3.63, 3.8) is 0 Å². The second kappa shape index (κ2) is 8.83. The number of hydrogen-bond acceptors (Lipinski definition) is 7. The number of nitrogens with two attached hydrogens (primary N) is 1. The number of aromatic nitrogens is 2. The fourth-order valence-corrected chi connectivity index (χ4v) is 3.75.